The normalized spacial score (nSPS) is 12.2. The van der Waals surface area contributed by atoms with Crippen LogP contribution in [0.25, 0.3) is 10.8 Å². The Labute approximate surface area is 104 Å². The molecule has 0 amide bonds. The lowest BCUT2D eigenvalue weighted by atomic mass is 9.92. The molecule has 0 aliphatic rings. The quantitative estimate of drug-likeness (QED) is 0.656. The summed E-state index contributed by atoms with van der Waals surface area (Å²) in [7, 11) is 0. The minimum atomic E-state index is 0.152. The van der Waals surface area contributed by atoms with Gasteiger partial charge in [0.05, 0.1) is 0 Å². The zero-order valence-corrected chi connectivity index (χ0v) is 10.2. The largest absolute Gasteiger partial charge is 0.0809 e. The first-order chi connectivity index (χ1) is 8.35. The van der Waals surface area contributed by atoms with Crippen molar-refractivity contribution in [1.82, 2.24) is 0 Å². The number of rotatable bonds is 4. The Kier molecular flexibility index (Phi) is 3.83. The highest BCUT2D eigenvalue weighted by Crippen LogP contribution is 2.25. The lowest BCUT2D eigenvalue weighted by molar-refractivity contribution is 0.676. The molecule has 0 N–H and O–H groups in total. The molecule has 0 heteroatoms. The second-order valence-corrected chi connectivity index (χ2v) is 4.45. The van der Waals surface area contributed by atoms with Gasteiger partial charge in [-0.1, -0.05) is 62.1 Å². The summed E-state index contributed by atoms with van der Waals surface area (Å²) in [6.07, 6.45) is 10.8. The third kappa shape index (κ3) is 2.68. The number of benzene rings is 2. The first-order valence-corrected chi connectivity index (χ1v) is 6.26. The van der Waals surface area contributed by atoms with Crippen molar-refractivity contribution in [3.8, 4) is 5.92 Å². The van der Waals surface area contributed by atoms with E-state index in [4.69, 9.17) is 6.42 Å². The van der Waals surface area contributed by atoms with Crippen LogP contribution in [0.5, 0.6) is 0 Å². The van der Waals surface area contributed by atoms with E-state index in [1.54, 1.807) is 0 Å². The number of unbranched alkanes of at least 4 members (excludes halogenated alkanes) is 1. The van der Waals surface area contributed by atoms with Crippen molar-refractivity contribution in [3.05, 3.63) is 54.5 Å². The van der Waals surface area contributed by atoms with Crippen molar-refractivity contribution in [2.24, 2.45) is 0 Å². The van der Waals surface area contributed by atoms with Gasteiger partial charge in [-0.15, -0.1) is 0 Å². The van der Waals surface area contributed by atoms with Gasteiger partial charge in [0.15, 0.2) is 0 Å². The number of fused-ring (bicyclic) bond motifs is 1. The highest BCUT2D eigenvalue weighted by Gasteiger charge is 2.08. The predicted octanol–water partition coefficient (Wildman–Crippen LogP) is 4.70. The standard InChI is InChI=1S/C17H17/c1-3-5-8-14(4-2)17-12-11-15-9-6-7-10-16(15)13-17/h6-7,9-14H,3,5,8H2,1H3. The minimum Gasteiger partial charge on any atom is -0.0809 e. The van der Waals surface area contributed by atoms with Crippen LogP contribution in [0.15, 0.2) is 42.5 Å². The van der Waals surface area contributed by atoms with E-state index in [2.05, 4.69) is 55.3 Å². The smallest absolute Gasteiger partial charge is 0.0462 e. The fourth-order valence-corrected chi connectivity index (χ4v) is 2.15. The van der Waals surface area contributed by atoms with Crippen LogP contribution < -0.4 is 0 Å². The van der Waals surface area contributed by atoms with Gasteiger partial charge in [0.2, 0.25) is 0 Å². The maximum Gasteiger partial charge on any atom is 0.0462 e. The number of hydrogen-bond donors (Lipinski definition) is 0. The highest BCUT2D eigenvalue weighted by molar-refractivity contribution is 5.83. The third-order valence-corrected chi connectivity index (χ3v) is 3.20. The van der Waals surface area contributed by atoms with Gasteiger partial charge < -0.3 is 0 Å². The summed E-state index contributed by atoms with van der Waals surface area (Å²) in [5.41, 5.74) is 1.21. The van der Waals surface area contributed by atoms with E-state index < -0.39 is 0 Å². The van der Waals surface area contributed by atoms with E-state index in [9.17, 15) is 0 Å². The van der Waals surface area contributed by atoms with Crippen LogP contribution in [0.2, 0.25) is 0 Å². The Hall–Kier alpha value is -1.74. The lowest BCUT2D eigenvalue weighted by Crippen LogP contribution is -1.95. The van der Waals surface area contributed by atoms with Gasteiger partial charge in [0, 0.05) is 5.92 Å². The van der Waals surface area contributed by atoms with Gasteiger partial charge in [-0.3, -0.25) is 0 Å². The number of hydrogen-bond acceptors (Lipinski definition) is 0. The Morgan fingerprint density at radius 3 is 2.59 bits per heavy atom. The van der Waals surface area contributed by atoms with Crippen molar-refractivity contribution in [1.29, 1.82) is 0 Å². The molecule has 0 heterocycles. The minimum absolute atomic E-state index is 0.152. The summed E-state index contributed by atoms with van der Waals surface area (Å²) >= 11 is 0. The topological polar surface area (TPSA) is 0 Å². The van der Waals surface area contributed by atoms with E-state index in [0.717, 1.165) is 12.8 Å². The molecule has 0 saturated heterocycles. The fourth-order valence-electron chi connectivity index (χ4n) is 2.15. The van der Waals surface area contributed by atoms with Crippen LogP contribution in [0, 0.1) is 12.3 Å². The van der Waals surface area contributed by atoms with Gasteiger partial charge in [-0.25, -0.2) is 0 Å². The average molecular weight is 221 g/mol. The van der Waals surface area contributed by atoms with E-state index >= 15 is 0 Å². The first kappa shape index (κ1) is 11.7. The van der Waals surface area contributed by atoms with Crippen LogP contribution in [0.4, 0.5) is 0 Å². The van der Waals surface area contributed by atoms with Crippen molar-refractivity contribution in [2.45, 2.75) is 32.1 Å². The summed E-state index contributed by atoms with van der Waals surface area (Å²) in [5.74, 6) is 2.82. The van der Waals surface area contributed by atoms with Gasteiger partial charge >= 0.3 is 0 Å². The van der Waals surface area contributed by atoms with Gasteiger partial charge in [-0.05, 0) is 35.2 Å². The first-order valence-electron chi connectivity index (χ1n) is 6.26. The molecule has 17 heavy (non-hydrogen) atoms. The molecular formula is C17H17. The van der Waals surface area contributed by atoms with Crippen molar-refractivity contribution >= 4 is 10.8 Å². The molecule has 2 rings (SSSR count). The van der Waals surface area contributed by atoms with Gasteiger partial charge in [0.25, 0.3) is 0 Å². The monoisotopic (exact) mass is 221 g/mol. The molecule has 1 unspecified atom stereocenters. The zero-order valence-electron chi connectivity index (χ0n) is 10.2. The molecule has 0 aliphatic heterocycles. The van der Waals surface area contributed by atoms with E-state index in [-0.39, 0.29) is 5.92 Å². The fraction of sp³-hybridized carbons (Fsp3) is 0.294. The molecule has 85 valence electrons. The van der Waals surface area contributed by atoms with Crippen molar-refractivity contribution in [3.63, 3.8) is 0 Å². The van der Waals surface area contributed by atoms with Crippen LogP contribution in [-0.4, -0.2) is 0 Å². The maximum absolute atomic E-state index is 7.43. The van der Waals surface area contributed by atoms with Crippen LogP contribution in [0.1, 0.15) is 37.7 Å². The molecule has 0 fully saturated rings. The molecule has 1 radical (unpaired) electrons. The highest BCUT2D eigenvalue weighted by atomic mass is 14.1. The Morgan fingerprint density at radius 1 is 1.12 bits per heavy atom. The van der Waals surface area contributed by atoms with Gasteiger partial charge in [-0.2, -0.15) is 0 Å². The molecule has 0 nitrogen and oxygen atoms in total. The summed E-state index contributed by atoms with van der Waals surface area (Å²) < 4.78 is 0. The lowest BCUT2D eigenvalue weighted by Gasteiger charge is -2.11. The van der Waals surface area contributed by atoms with Crippen molar-refractivity contribution < 1.29 is 0 Å². The predicted molar refractivity (Wildman–Crippen MR) is 73.3 cm³/mol. The summed E-state index contributed by atoms with van der Waals surface area (Å²) in [6, 6.07) is 14.8. The summed E-state index contributed by atoms with van der Waals surface area (Å²) in [4.78, 5) is 0. The Balaban J connectivity index is 2.31. The third-order valence-electron chi connectivity index (χ3n) is 3.20. The second-order valence-electron chi connectivity index (χ2n) is 4.45. The molecule has 2 aromatic carbocycles. The SMILES string of the molecule is [C]#CC(CCCC)c1ccc2ccccc2c1. The zero-order chi connectivity index (χ0) is 12.1. The van der Waals surface area contributed by atoms with E-state index in [1.165, 1.54) is 22.8 Å². The molecule has 0 bridgehead atoms. The molecule has 0 spiro atoms. The van der Waals surface area contributed by atoms with Gasteiger partial charge in [0.1, 0.15) is 0 Å². The molecule has 1 atom stereocenters. The molecular weight excluding hydrogens is 204 g/mol. The van der Waals surface area contributed by atoms with E-state index in [1.807, 2.05) is 0 Å². The summed E-state index contributed by atoms with van der Waals surface area (Å²) in [5, 5.41) is 2.51. The second kappa shape index (κ2) is 5.55. The molecule has 0 saturated carbocycles. The summed E-state index contributed by atoms with van der Waals surface area (Å²) in [6.45, 7) is 2.18. The van der Waals surface area contributed by atoms with Crippen LogP contribution >= 0.6 is 0 Å². The van der Waals surface area contributed by atoms with E-state index in [0.29, 0.717) is 0 Å². The average Bonchev–Trinajstić information content (AvgIpc) is 2.39. The molecule has 2 aromatic rings. The van der Waals surface area contributed by atoms with Crippen LogP contribution in [0.3, 0.4) is 0 Å². The Morgan fingerprint density at radius 2 is 1.88 bits per heavy atom. The molecule has 0 aliphatic carbocycles. The maximum atomic E-state index is 7.43. The molecule has 0 aromatic heterocycles. The van der Waals surface area contributed by atoms with Crippen molar-refractivity contribution in [2.75, 3.05) is 0 Å². The Bertz CT molecular complexity index is 531. The van der Waals surface area contributed by atoms with Crippen LogP contribution in [-0.2, 0) is 0 Å².